The smallest absolute Gasteiger partial charge is 0.357 e. The van der Waals surface area contributed by atoms with E-state index in [1.807, 2.05) is 0 Å². The third-order valence-electron chi connectivity index (χ3n) is 2.17. The second-order valence-electron chi connectivity index (χ2n) is 3.40. The zero-order valence-corrected chi connectivity index (χ0v) is 9.62. The molecule has 1 heterocycles. The average molecular weight is 249 g/mol. The predicted molar refractivity (Wildman–Crippen MR) is 60.8 cm³/mol. The van der Waals surface area contributed by atoms with E-state index in [1.54, 1.807) is 31.4 Å². The molecule has 0 atom stereocenters. The maximum atomic E-state index is 10.6. The molecule has 2 aromatic rings. The van der Waals surface area contributed by atoms with Crippen molar-refractivity contribution in [1.29, 1.82) is 0 Å². The number of rotatable bonds is 5. The van der Waals surface area contributed by atoms with E-state index in [1.165, 1.54) is 0 Å². The molecule has 0 saturated carbocycles. The number of benzene rings is 1. The van der Waals surface area contributed by atoms with E-state index >= 15 is 0 Å². The van der Waals surface area contributed by atoms with Crippen LogP contribution in [0.3, 0.4) is 0 Å². The minimum atomic E-state index is -1.13. The molecule has 2 rings (SSSR count). The van der Waals surface area contributed by atoms with E-state index in [0.717, 1.165) is 6.26 Å². The topological polar surface area (TPSA) is 81.8 Å². The minimum absolute atomic E-state index is 0.0560. The van der Waals surface area contributed by atoms with E-state index < -0.39 is 5.97 Å². The second kappa shape index (κ2) is 5.22. The molecule has 0 aliphatic rings. The number of methoxy groups -OCH3 is 1. The van der Waals surface area contributed by atoms with E-state index in [9.17, 15) is 4.79 Å². The number of ether oxygens (including phenoxy) is 2. The van der Waals surface area contributed by atoms with Crippen LogP contribution in [0.2, 0.25) is 0 Å². The van der Waals surface area contributed by atoms with Gasteiger partial charge in [-0.1, -0.05) is 6.07 Å². The van der Waals surface area contributed by atoms with Crippen molar-refractivity contribution in [1.82, 2.24) is 4.98 Å². The van der Waals surface area contributed by atoms with Crippen LogP contribution >= 0.6 is 0 Å². The van der Waals surface area contributed by atoms with Crippen molar-refractivity contribution >= 4 is 5.97 Å². The Morgan fingerprint density at radius 3 is 2.89 bits per heavy atom. The fourth-order valence-corrected chi connectivity index (χ4v) is 1.31. The molecule has 0 saturated heterocycles. The van der Waals surface area contributed by atoms with Crippen LogP contribution in [0.5, 0.6) is 11.5 Å². The SMILES string of the molecule is COc1cccc(OCc2nc(C(=O)O)co2)c1. The van der Waals surface area contributed by atoms with Gasteiger partial charge in [-0.05, 0) is 12.1 Å². The summed E-state index contributed by atoms with van der Waals surface area (Å²) < 4.78 is 15.4. The number of nitrogens with zero attached hydrogens (tertiary/aromatic N) is 1. The summed E-state index contributed by atoms with van der Waals surface area (Å²) in [6.45, 7) is 0.0560. The lowest BCUT2D eigenvalue weighted by Gasteiger charge is -2.05. The first-order valence-corrected chi connectivity index (χ1v) is 5.13. The van der Waals surface area contributed by atoms with Crippen LogP contribution in [0.15, 0.2) is 34.9 Å². The summed E-state index contributed by atoms with van der Waals surface area (Å²) in [4.78, 5) is 14.3. The summed E-state index contributed by atoms with van der Waals surface area (Å²) in [7, 11) is 1.56. The van der Waals surface area contributed by atoms with Gasteiger partial charge in [0.05, 0.1) is 7.11 Å². The first-order valence-electron chi connectivity index (χ1n) is 5.13. The van der Waals surface area contributed by atoms with Crippen LogP contribution in [0.4, 0.5) is 0 Å². The van der Waals surface area contributed by atoms with Crippen LogP contribution in [0, 0.1) is 0 Å². The van der Waals surface area contributed by atoms with Crippen molar-refractivity contribution < 1.29 is 23.8 Å². The Morgan fingerprint density at radius 1 is 1.44 bits per heavy atom. The fourth-order valence-electron chi connectivity index (χ4n) is 1.31. The van der Waals surface area contributed by atoms with E-state index in [-0.39, 0.29) is 18.2 Å². The Labute approximate surface area is 103 Å². The molecule has 0 aliphatic carbocycles. The first-order chi connectivity index (χ1) is 8.69. The lowest BCUT2D eigenvalue weighted by atomic mass is 10.3. The molecule has 6 nitrogen and oxygen atoms in total. The van der Waals surface area contributed by atoms with Gasteiger partial charge in [0.1, 0.15) is 17.8 Å². The van der Waals surface area contributed by atoms with Gasteiger partial charge in [0.15, 0.2) is 12.3 Å². The molecule has 94 valence electrons. The lowest BCUT2D eigenvalue weighted by molar-refractivity contribution is 0.0690. The highest BCUT2D eigenvalue weighted by Gasteiger charge is 2.10. The van der Waals surface area contributed by atoms with Gasteiger partial charge in [-0.25, -0.2) is 9.78 Å². The minimum Gasteiger partial charge on any atom is -0.497 e. The number of aromatic nitrogens is 1. The number of oxazole rings is 1. The number of aromatic carboxylic acids is 1. The van der Waals surface area contributed by atoms with Crippen molar-refractivity contribution in [3.8, 4) is 11.5 Å². The van der Waals surface area contributed by atoms with Crippen LogP contribution in [0.25, 0.3) is 0 Å². The molecule has 6 heteroatoms. The number of carboxylic acid groups (broad SMARTS) is 1. The molecule has 0 amide bonds. The zero-order chi connectivity index (χ0) is 13.0. The molecule has 0 aliphatic heterocycles. The third kappa shape index (κ3) is 2.79. The fraction of sp³-hybridized carbons (Fsp3) is 0.167. The van der Waals surface area contributed by atoms with Crippen molar-refractivity contribution in [3.63, 3.8) is 0 Å². The molecule has 0 unspecified atom stereocenters. The van der Waals surface area contributed by atoms with Crippen molar-refractivity contribution in [2.75, 3.05) is 7.11 Å². The van der Waals surface area contributed by atoms with Crippen molar-refractivity contribution in [2.45, 2.75) is 6.61 Å². The van der Waals surface area contributed by atoms with Crippen LogP contribution in [-0.4, -0.2) is 23.2 Å². The third-order valence-corrected chi connectivity index (χ3v) is 2.17. The lowest BCUT2D eigenvalue weighted by Crippen LogP contribution is -1.99. The molecule has 0 fully saturated rings. The van der Waals surface area contributed by atoms with Gasteiger partial charge in [0.25, 0.3) is 0 Å². The largest absolute Gasteiger partial charge is 0.497 e. The molecule has 18 heavy (non-hydrogen) atoms. The standard InChI is InChI=1S/C12H11NO5/c1-16-8-3-2-4-9(5-8)17-7-11-13-10(6-18-11)12(14)15/h2-6H,7H2,1H3,(H,14,15). The van der Waals surface area contributed by atoms with E-state index in [4.69, 9.17) is 19.0 Å². The Balaban J connectivity index is 1.99. The predicted octanol–water partition coefficient (Wildman–Crippen LogP) is 1.96. The normalized spacial score (nSPS) is 10.1. The van der Waals surface area contributed by atoms with Crippen molar-refractivity contribution in [2.24, 2.45) is 0 Å². The highest BCUT2D eigenvalue weighted by Crippen LogP contribution is 2.19. The van der Waals surface area contributed by atoms with Crippen LogP contribution in [-0.2, 0) is 6.61 Å². The summed E-state index contributed by atoms with van der Waals surface area (Å²) in [6.07, 6.45) is 1.08. The van der Waals surface area contributed by atoms with Gasteiger partial charge in [-0.15, -0.1) is 0 Å². The monoisotopic (exact) mass is 249 g/mol. The van der Waals surface area contributed by atoms with Gasteiger partial charge in [-0.3, -0.25) is 0 Å². The summed E-state index contributed by atoms with van der Waals surface area (Å²) >= 11 is 0. The van der Waals surface area contributed by atoms with Gasteiger partial charge in [0.2, 0.25) is 5.89 Å². The Hall–Kier alpha value is -2.50. The molecule has 0 radical (unpaired) electrons. The molecule has 1 aromatic heterocycles. The quantitative estimate of drug-likeness (QED) is 0.872. The van der Waals surface area contributed by atoms with Gasteiger partial charge in [-0.2, -0.15) is 0 Å². The van der Waals surface area contributed by atoms with Gasteiger partial charge in [0, 0.05) is 6.07 Å². The van der Waals surface area contributed by atoms with E-state index in [2.05, 4.69) is 4.98 Å². The number of carbonyl (C=O) groups is 1. The number of hydrogen-bond acceptors (Lipinski definition) is 5. The summed E-state index contributed by atoms with van der Waals surface area (Å²) in [5.41, 5.74) is -0.140. The Kier molecular flexibility index (Phi) is 3.47. The van der Waals surface area contributed by atoms with Crippen LogP contribution < -0.4 is 9.47 Å². The van der Waals surface area contributed by atoms with E-state index in [0.29, 0.717) is 11.5 Å². The molecule has 1 N–H and O–H groups in total. The molecule has 0 spiro atoms. The number of hydrogen-bond donors (Lipinski definition) is 1. The second-order valence-corrected chi connectivity index (χ2v) is 3.40. The maximum absolute atomic E-state index is 10.6. The summed E-state index contributed by atoms with van der Waals surface area (Å²) in [5, 5.41) is 8.67. The maximum Gasteiger partial charge on any atom is 0.357 e. The molecular weight excluding hydrogens is 238 g/mol. The number of carboxylic acids is 1. The highest BCUT2D eigenvalue weighted by atomic mass is 16.5. The summed E-state index contributed by atoms with van der Waals surface area (Å²) in [6, 6.07) is 7.04. The zero-order valence-electron chi connectivity index (χ0n) is 9.62. The van der Waals surface area contributed by atoms with Gasteiger partial charge < -0.3 is 19.0 Å². The van der Waals surface area contributed by atoms with Crippen molar-refractivity contribution in [3.05, 3.63) is 42.1 Å². The Bertz CT molecular complexity index is 549. The first kappa shape index (κ1) is 12.0. The van der Waals surface area contributed by atoms with Gasteiger partial charge >= 0.3 is 5.97 Å². The average Bonchev–Trinajstić information content (AvgIpc) is 2.85. The Morgan fingerprint density at radius 2 is 2.22 bits per heavy atom. The summed E-state index contributed by atoms with van der Waals surface area (Å²) in [5.74, 6) is 0.331. The molecular formula is C12H11NO5. The van der Waals surface area contributed by atoms with Crippen LogP contribution in [0.1, 0.15) is 16.4 Å². The highest BCUT2D eigenvalue weighted by molar-refractivity contribution is 5.84. The molecule has 1 aromatic carbocycles. The molecule has 0 bridgehead atoms.